The minimum Gasteiger partial charge on any atom is -0.348 e. The van der Waals surface area contributed by atoms with Crippen LogP contribution >= 0.6 is 11.3 Å². The number of thiophene rings is 1. The SMILES string of the molecule is CC[C@@H](C)N(Cc1ccsc1)Cc1nc[nH]c1C. The summed E-state index contributed by atoms with van der Waals surface area (Å²) < 4.78 is 0. The van der Waals surface area contributed by atoms with Crippen LogP contribution < -0.4 is 0 Å². The van der Waals surface area contributed by atoms with Crippen molar-refractivity contribution in [2.45, 2.75) is 46.3 Å². The average Bonchev–Trinajstić information content (AvgIpc) is 3.00. The van der Waals surface area contributed by atoms with E-state index >= 15 is 0 Å². The molecule has 0 aliphatic carbocycles. The van der Waals surface area contributed by atoms with E-state index in [9.17, 15) is 0 Å². The molecule has 2 heterocycles. The molecule has 3 nitrogen and oxygen atoms in total. The Morgan fingerprint density at radius 3 is 2.83 bits per heavy atom. The molecule has 4 heteroatoms. The molecule has 1 N–H and O–H groups in total. The third kappa shape index (κ3) is 3.21. The number of H-pyrrole nitrogens is 1. The highest BCUT2D eigenvalue weighted by molar-refractivity contribution is 7.07. The first kappa shape index (κ1) is 13.3. The molecular formula is C14H21N3S. The van der Waals surface area contributed by atoms with E-state index in [1.807, 2.05) is 0 Å². The molecule has 0 fully saturated rings. The zero-order valence-electron chi connectivity index (χ0n) is 11.3. The largest absolute Gasteiger partial charge is 0.348 e. The van der Waals surface area contributed by atoms with Crippen LogP contribution in [0.3, 0.4) is 0 Å². The summed E-state index contributed by atoms with van der Waals surface area (Å²) in [5.74, 6) is 0. The monoisotopic (exact) mass is 263 g/mol. The predicted molar refractivity (Wildman–Crippen MR) is 76.6 cm³/mol. The maximum atomic E-state index is 4.41. The topological polar surface area (TPSA) is 31.9 Å². The van der Waals surface area contributed by atoms with E-state index in [4.69, 9.17) is 0 Å². The number of hydrogen-bond acceptors (Lipinski definition) is 3. The number of nitrogens with zero attached hydrogens (tertiary/aromatic N) is 2. The smallest absolute Gasteiger partial charge is 0.0925 e. The summed E-state index contributed by atoms with van der Waals surface area (Å²) in [4.78, 5) is 10.1. The van der Waals surface area contributed by atoms with Gasteiger partial charge in [-0.15, -0.1) is 0 Å². The van der Waals surface area contributed by atoms with Crippen LogP contribution in [0.25, 0.3) is 0 Å². The molecule has 0 unspecified atom stereocenters. The highest BCUT2D eigenvalue weighted by Crippen LogP contribution is 2.16. The standard InChI is InChI=1S/C14H21N3S/c1-4-11(2)17(7-13-5-6-18-9-13)8-14-12(3)15-10-16-14/h5-6,9-11H,4,7-8H2,1-3H3,(H,15,16)/t11-/m1/s1. The first-order chi connectivity index (χ1) is 8.70. The Morgan fingerprint density at radius 2 is 2.28 bits per heavy atom. The van der Waals surface area contributed by atoms with Crippen LogP contribution in [0.2, 0.25) is 0 Å². The van der Waals surface area contributed by atoms with Gasteiger partial charge in [-0.25, -0.2) is 4.98 Å². The van der Waals surface area contributed by atoms with Gasteiger partial charge >= 0.3 is 0 Å². The van der Waals surface area contributed by atoms with Crippen LogP contribution in [0.15, 0.2) is 23.2 Å². The molecule has 98 valence electrons. The molecule has 0 spiro atoms. The second-order valence-electron chi connectivity index (χ2n) is 4.77. The van der Waals surface area contributed by atoms with Crippen molar-refractivity contribution in [3.63, 3.8) is 0 Å². The molecule has 18 heavy (non-hydrogen) atoms. The van der Waals surface area contributed by atoms with Gasteiger partial charge < -0.3 is 4.98 Å². The van der Waals surface area contributed by atoms with Crippen LogP contribution in [0, 0.1) is 6.92 Å². The number of aryl methyl sites for hydroxylation is 1. The van der Waals surface area contributed by atoms with E-state index in [1.165, 1.54) is 11.3 Å². The molecule has 0 radical (unpaired) electrons. The van der Waals surface area contributed by atoms with Gasteiger partial charge in [0.15, 0.2) is 0 Å². The minimum absolute atomic E-state index is 0.570. The Hall–Kier alpha value is -1.13. The highest BCUT2D eigenvalue weighted by Gasteiger charge is 2.15. The lowest BCUT2D eigenvalue weighted by molar-refractivity contribution is 0.184. The lowest BCUT2D eigenvalue weighted by Crippen LogP contribution is -2.31. The maximum absolute atomic E-state index is 4.41. The quantitative estimate of drug-likeness (QED) is 0.864. The second kappa shape index (κ2) is 6.16. The molecule has 2 rings (SSSR count). The zero-order valence-corrected chi connectivity index (χ0v) is 12.1. The number of imidazole rings is 1. The molecule has 0 aromatic carbocycles. The Kier molecular flexibility index (Phi) is 4.55. The number of hydrogen-bond donors (Lipinski definition) is 1. The van der Waals surface area contributed by atoms with Crippen molar-refractivity contribution in [3.8, 4) is 0 Å². The van der Waals surface area contributed by atoms with Crippen molar-refractivity contribution in [2.75, 3.05) is 0 Å². The van der Waals surface area contributed by atoms with Crippen molar-refractivity contribution < 1.29 is 0 Å². The minimum atomic E-state index is 0.570. The van der Waals surface area contributed by atoms with Gasteiger partial charge in [0.25, 0.3) is 0 Å². The van der Waals surface area contributed by atoms with Crippen molar-refractivity contribution in [3.05, 3.63) is 40.1 Å². The number of aromatic amines is 1. The van der Waals surface area contributed by atoms with Gasteiger partial charge in [-0.3, -0.25) is 4.90 Å². The summed E-state index contributed by atoms with van der Waals surface area (Å²) in [6.07, 6.45) is 2.94. The van der Waals surface area contributed by atoms with Gasteiger partial charge in [0.2, 0.25) is 0 Å². The first-order valence-electron chi connectivity index (χ1n) is 6.44. The lowest BCUT2D eigenvalue weighted by atomic mass is 10.1. The van der Waals surface area contributed by atoms with Crippen LogP contribution in [0.5, 0.6) is 0 Å². The molecule has 2 aromatic rings. The second-order valence-corrected chi connectivity index (χ2v) is 5.55. The number of nitrogens with one attached hydrogen (secondary N) is 1. The molecule has 0 bridgehead atoms. The molecule has 1 atom stereocenters. The van der Waals surface area contributed by atoms with Crippen LogP contribution in [0.4, 0.5) is 0 Å². The van der Waals surface area contributed by atoms with Gasteiger partial charge in [0.1, 0.15) is 0 Å². The summed E-state index contributed by atoms with van der Waals surface area (Å²) in [7, 11) is 0. The van der Waals surface area contributed by atoms with E-state index in [0.717, 1.165) is 25.2 Å². The third-order valence-electron chi connectivity index (χ3n) is 3.47. The fourth-order valence-electron chi connectivity index (χ4n) is 1.98. The zero-order chi connectivity index (χ0) is 13.0. The predicted octanol–water partition coefficient (Wildman–Crippen LogP) is 3.58. The molecule has 0 aliphatic heterocycles. The Morgan fingerprint density at radius 1 is 1.44 bits per heavy atom. The summed E-state index contributed by atoms with van der Waals surface area (Å²) >= 11 is 1.76. The van der Waals surface area contributed by atoms with Gasteiger partial charge in [-0.1, -0.05) is 6.92 Å². The third-order valence-corrected chi connectivity index (χ3v) is 4.20. The first-order valence-corrected chi connectivity index (χ1v) is 7.39. The van der Waals surface area contributed by atoms with E-state index in [1.54, 1.807) is 17.7 Å². The average molecular weight is 263 g/mol. The molecule has 0 saturated carbocycles. The Bertz CT molecular complexity index is 461. The van der Waals surface area contributed by atoms with Crippen molar-refractivity contribution in [2.24, 2.45) is 0 Å². The van der Waals surface area contributed by atoms with Crippen molar-refractivity contribution >= 4 is 11.3 Å². The van der Waals surface area contributed by atoms with E-state index in [2.05, 4.69) is 52.5 Å². The van der Waals surface area contributed by atoms with E-state index in [0.29, 0.717) is 6.04 Å². The van der Waals surface area contributed by atoms with Crippen LogP contribution in [0.1, 0.15) is 37.2 Å². The van der Waals surface area contributed by atoms with Crippen LogP contribution in [-0.4, -0.2) is 20.9 Å². The van der Waals surface area contributed by atoms with Gasteiger partial charge in [-0.2, -0.15) is 11.3 Å². The summed E-state index contributed by atoms with van der Waals surface area (Å²) in [6, 6.07) is 2.78. The van der Waals surface area contributed by atoms with Gasteiger partial charge in [0, 0.05) is 24.8 Å². The number of rotatable bonds is 6. The van der Waals surface area contributed by atoms with E-state index in [-0.39, 0.29) is 0 Å². The lowest BCUT2D eigenvalue weighted by Gasteiger charge is -2.27. The molecular weight excluding hydrogens is 242 g/mol. The van der Waals surface area contributed by atoms with Gasteiger partial charge in [-0.05, 0) is 42.7 Å². The normalized spacial score (nSPS) is 13.1. The molecule has 0 amide bonds. The van der Waals surface area contributed by atoms with Gasteiger partial charge in [0.05, 0.1) is 12.0 Å². The number of aromatic nitrogens is 2. The van der Waals surface area contributed by atoms with Crippen molar-refractivity contribution in [1.29, 1.82) is 0 Å². The maximum Gasteiger partial charge on any atom is 0.0925 e. The molecule has 0 saturated heterocycles. The summed E-state index contributed by atoms with van der Waals surface area (Å²) in [5.41, 5.74) is 3.73. The fourth-order valence-corrected chi connectivity index (χ4v) is 2.64. The molecule has 0 aliphatic rings. The molecule has 2 aromatic heterocycles. The van der Waals surface area contributed by atoms with E-state index < -0.39 is 0 Å². The van der Waals surface area contributed by atoms with Crippen molar-refractivity contribution in [1.82, 2.24) is 14.9 Å². The highest BCUT2D eigenvalue weighted by atomic mass is 32.1. The Balaban J connectivity index is 2.08. The Labute approximate surface area is 113 Å². The fraction of sp³-hybridized carbons (Fsp3) is 0.500. The summed E-state index contributed by atoms with van der Waals surface area (Å²) in [6.45, 7) is 8.53. The summed E-state index contributed by atoms with van der Waals surface area (Å²) in [5, 5.41) is 4.37. The van der Waals surface area contributed by atoms with Crippen LogP contribution in [-0.2, 0) is 13.1 Å².